The predicted octanol–water partition coefficient (Wildman–Crippen LogP) is 3.78. The molecule has 1 aromatic carbocycles. The zero-order chi connectivity index (χ0) is 12.1. The van der Waals surface area contributed by atoms with E-state index < -0.39 is 0 Å². The smallest absolute Gasteiger partial charge is 0.126 e. The number of nitrogens with one attached hydrogen (secondary N) is 1. The Morgan fingerprint density at radius 3 is 2.71 bits per heavy atom. The normalized spacial score (nSPS) is 12.6. The minimum Gasteiger partial charge on any atom is -0.309 e. The summed E-state index contributed by atoms with van der Waals surface area (Å²) in [7, 11) is 0. The number of thiophene rings is 1. The fourth-order valence-corrected chi connectivity index (χ4v) is 2.70. The second kappa shape index (κ2) is 5.94. The fourth-order valence-electron chi connectivity index (χ4n) is 1.89. The Kier molecular flexibility index (Phi) is 4.29. The summed E-state index contributed by atoms with van der Waals surface area (Å²) in [6.07, 6.45) is 0.695. The molecular weight excluding hydrogens is 233 g/mol. The summed E-state index contributed by atoms with van der Waals surface area (Å²) in [6.45, 7) is 2.96. The van der Waals surface area contributed by atoms with Crippen LogP contribution in [0.4, 0.5) is 4.39 Å². The van der Waals surface area contributed by atoms with Crippen molar-refractivity contribution in [2.75, 3.05) is 6.54 Å². The number of hydrogen-bond donors (Lipinski definition) is 1. The molecule has 17 heavy (non-hydrogen) atoms. The van der Waals surface area contributed by atoms with Crippen LogP contribution < -0.4 is 5.32 Å². The van der Waals surface area contributed by atoms with E-state index in [0.29, 0.717) is 6.42 Å². The van der Waals surface area contributed by atoms with Gasteiger partial charge in [-0.05, 0) is 36.0 Å². The lowest BCUT2D eigenvalue weighted by Crippen LogP contribution is -2.22. The Balaban J connectivity index is 2.16. The van der Waals surface area contributed by atoms with Crippen molar-refractivity contribution in [2.45, 2.75) is 19.4 Å². The maximum atomic E-state index is 13.6. The van der Waals surface area contributed by atoms with Gasteiger partial charge in [0.05, 0.1) is 0 Å². The lowest BCUT2D eigenvalue weighted by molar-refractivity contribution is 0.534. The minimum atomic E-state index is -0.119. The van der Waals surface area contributed by atoms with Gasteiger partial charge >= 0.3 is 0 Å². The van der Waals surface area contributed by atoms with E-state index in [1.54, 1.807) is 17.4 Å². The Hall–Kier alpha value is -1.19. The molecule has 90 valence electrons. The van der Waals surface area contributed by atoms with Crippen molar-refractivity contribution in [1.82, 2.24) is 5.32 Å². The van der Waals surface area contributed by atoms with E-state index in [9.17, 15) is 4.39 Å². The summed E-state index contributed by atoms with van der Waals surface area (Å²) >= 11 is 1.71. The topological polar surface area (TPSA) is 12.0 Å². The molecule has 1 nitrogen and oxygen atoms in total. The third-order valence-electron chi connectivity index (χ3n) is 2.72. The van der Waals surface area contributed by atoms with Crippen LogP contribution in [-0.2, 0) is 6.42 Å². The Morgan fingerprint density at radius 1 is 1.24 bits per heavy atom. The van der Waals surface area contributed by atoms with Gasteiger partial charge in [0.15, 0.2) is 0 Å². The first kappa shape index (κ1) is 12.3. The first-order valence-corrected chi connectivity index (χ1v) is 6.69. The Morgan fingerprint density at radius 2 is 2.06 bits per heavy atom. The molecule has 0 radical (unpaired) electrons. The summed E-state index contributed by atoms with van der Waals surface area (Å²) in [5.41, 5.74) is 0.770. The van der Waals surface area contributed by atoms with Gasteiger partial charge in [-0.3, -0.25) is 0 Å². The molecule has 1 unspecified atom stereocenters. The van der Waals surface area contributed by atoms with Crippen LogP contribution in [0.5, 0.6) is 0 Å². The Labute approximate surface area is 105 Å². The summed E-state index contributed by atoms with van der Waals surface area (Å²) in [4.78, 5) is 1.26. The van der Waals surface area contributed by atoms with Crippen LogP contribution in [0.2, 0.25) is 0 Å². The molecule has 1 atom stereocenters. The number of likely N-dealkylation sites (N-methyl/N-ethyl adjacent to an activating group) is 1. The van der Waals surface area contributed by atoms with Crippen LogP contribution in [0.3, 0.4) is 0 Å². The molecule has 0 aliphatic rings. The number of halogens is 1. The lowest BCUT2D eigenvalue weighted by atomic mass is 10.0. The molecule has 0 saturated carbocycles. The van der Waals surface area contributed by atoms with Gasteiger partial charge in [-0.25, -0.2) is 4.39 Å². The summed E-state index contributed by atoms with van der Waals surface area (Å²) < 4.78 is 13.6. The number of benzene rings is 1. The molecule has 2 rings (SSSR count). The van der Waals surface area contributed by atoms with Gasteiger partial charge in [-0.2, -0.15) is 0 Å². The van der Waals surface area contributed by atoms with Gasteiger partial charge in [0.2, 0.25) is 0 Å². The molecule has 3 heteroatoms. The molecule has 1 heterocycles. The maximum Gasteiger partial charge on any atom is 0.126 e. The largest absolute Gasteiger partial charge is 0.309 e. The quantitative estimate of drug-likeness (QED) is 0.850. The molecule has 0 aliphatic heterocycles. The predicted molar refractivity (Wildman–Crippen MR) is 70.8 cm³/mol. The number of hydrogen-bond acceptors (Lipinski definition) is 2. The summed E-state index contributed by atoms with van der Waals surface area (Å²) in [6, 6.07) is 11.3. The number of rotatable bonds is 5. The van der Waals surface area contributed by atoms with Gasteiger partial charge in [-0.1, -0.05) is 31.2 Å². The van der Waals surface area contributed by atoms with E-state index in [2.05, 4.69) is 23.7 Å². The van der Waals surface area contributed by atoms with Crippen molar-refractivity contribution >= 4 is 11.3 Å². The van der Waals surface area contributed by atoms with Crippen LogP contribution in [-0.4, -0.2) is 6.54 Å². The lowest BCUT2D eigenvalue weighted by Gasteiger charge is -2.16. The van der Waals surface area contributed by atoms with Crippen LogP contribution >= 0.6 is 11.3 Å². The van der Waals surface area contributed by atoms with Crippen molar-refractivity contribution in [2.24, 2.45) is 0 Å². The highest BCUT2D eigenvalue weighted by atomic mass is 32.1. The minimum absolute atomic E-state index is 0.119. The highest BCUT2D eigenvalue weighted by Gasteiger charge is 2.13. The van der Waals surface area contributed by atoms with E-state index in [-0.39, 0.29) is 11.9 Å². The molecule has 0 saturated heterocycles. The zero-order valence-electron chi connectivity index (χ0n) is 9.82. The fraction of sp³-hybridized carbons (Fsp3) is 0.286. The molecule has 0 fully saturated rings. The SMILES string of the molecule is CCNC(Cc1ccccc1F)c1cccs1. The van der Waals surface area contributed by atoms with Crippen molar-refractivity contribution in [3.8, 4) is 0 Å². The van der Waals surface area contributed by atoms with E-state index in [1.807, 2.05) is 18.2 Å². The van der Waals surface area contributed by atoms with Crippen LogP contribution in [0.1, 0.15) is 23.4 Å². The van der Waals surface area contributed by atoms with E-state index in [0.717, 1.165) is 12.1 Å². The third-order valence-corrected chi connectivity index (χ3v) is 3.71. The molecule has 1 aromatic heterocycles. The van der Waals surface area contributed by atoms with Gasteiger partial charge < -0.3 is 5.32 Å². The third kappa shape index (κ3) is 3.14. The first-order valence-electron chi connectivity index (χ1n) is 5.81. The molecule has 0 amide bonds. The van der Waals surface area contributed by atoms with Gasteiger partial charge in [0.25, 0.3) is 0 Å². The van der Waals surface area contributed by atoms with E-state index in [4.69, 9.17) is 0 Å². The van der Waals surface area contributed by atoms with Gasteiger partial charge in [0, 0.05) is 10.9 Å². The Bertz CT molecular complexity index is 453. The highest BCUT2D eigenvalue weighted by Crippen LogP contribution is 2.23. The zero-order valence-corrected chi connectivity index (χ0v) is 10.6. The average molecular weight is 249 g/mol. The van der Waals surface area contributed by atoms with Crippen molar-refractivity contribution in [3.05, 3.63) is 58.0 Å². The molecule has 1 N–H and O–H groups in total. The van der Waals surface area contributed by atoms with E-state index >= 15 is 0 Å². The average Bonchev–Trinajstić information content (AvgIpc) is 2.85. The van der Waals surface area contributed by atoms with Gasteiger partial charge in [-0.15, -0.1) is 11.3 Å². The molecule has 0 aliphatic carbocycles. The second-order valence-electron chi connectivity index (χ2n) is 3.92. The van der Waals surface area contributed by atoms with Crippen molar-refractivity contribution in [1.29, 1.82) is 0 Å². The molecule has 2 aromatic rings. The second-order valence-corrected chi connectivity index (χ2v) is 4.90. The van der Waals surface area contributed by atoms with E-state index in [1.165, 1.54) is 10.9 Å². The van der Waals surface area contributed by atoms with Gasteiger partial charge in [0.1, 0.15) is 5.82 Å². The maximum absolute atomic E-state index is 13.6. The van der Waals surface area contributed by atoms with Crippen molar-refractivity contribution < 1.29 is 4.39 Å². The summed E-state index contributed by atoms with van der Waals surface area (Å²) in [5.74, 6) is -0.119. The van der Waals surface area contributed by atoms with Crippen LogP contribution in [0.15, 0.2) is 41.8 Å². The van der Waals surface area contributed by atoms with Crippen LogP contribution in [0, 0.1) is 5.82 Å². The molecule has 0 spiro atoms. The standard InChI is InChI=1S/C14H16FNS/c1-2-16-13(14-8-5-9-17-14)10-11-6-3-4-7-12(11)15/h3-9,13,16H,2,10H2,1H3. The summed E-state index contributed by atoms with van der Waals surface area (Å²) in [5, 5.41) is 5.46. The monoisotopic (exact) mass is 249 g/mol. The van der Waals surface area contributed by atoms with Crippen molar-refractivity contribution in [3.63, 3.8) is 0 Å². The first-order chi connectivity index (χ1) is 8.31. The molecule has 0 bridgehead atoms. The molecular formula is C14H16FNS. The van der Waals surface area contributed by atoms with Crippen LogP contribution in [0.25, 0.3) is 0 Å². The highest BCUT2D eigenvalue weighted by molar-refractivity contribution is 7.10.